The van der Waals surface area contributed by atoms with Gasteiger partial charge in [-0.25, -0.2) is 0 Å². The topological polar surface area (TPSA) is 0 Å². The molecule has 0 atom stereocenters. The van der Waals surface area contributed by atoms with Gasteiger partial charge in [-0.3, -0.25) is 0 Å². The molecule has 1 aromatic carbocycles. The summed E-state index contributed by atoms with van der Waals surface area (Å²) < 4.78 is 37.7. The summed E-state index contributed by atoms with van der Waals surface area (Å²) in [5.74, 6) is 0.139. The second kappa shape index (κ2) is 5.09. The lowest BCUT2D eigenvalue weighted by Crippen LogP contribution is -2.07. The van der Waals surface area contributed by atoms with Gasteiger partial charge in [0.25, 0.3) is 0 Å². The summed E-state index contributed by atoms with van der Waals surface area (Å²) in [6, 6.07) is 3.78. The Hall–Kier alpha value is -0.700. The monoisotopic (exact) mass is 250 g/mol. The van der Waals surface area contributed by atoms with Gasteiger partial charge in [0.2, 0.25) is 0 Å². The Balaban J connectivity index is 3.17. The van der Waals surface area contributed by atoms with Crippen LogP contribution in [-0.4, -0.2) is 0 Å². The van der Waals surface area contributed by atoms with Gasteiger partial charge in [0.05, 0.1) is 5.56 Å². The molecule has 0 saturated heterocycles. The van der Waals surface area contributed by atoms with Crippen molar-refractivity contribution in [3.05, 3.63) is 34.3 Å². The number of benzene rings is 1. The van der Waals surface area contributed by atoms with E-state index in [1.165, 1.54) is 6.07 Å². The van der Waals surface area contributed by atoms with Gasteiger partial charge in [0.1, 0.15) is 0 Å². The molecule has 4 heteroatoms. The minimum atomic E-state index is -4.33. The number of hydrogen-bond acceptors (Lipinski definition) is 0. The molecular weight excluding hydrogens is 237 g/mol. The Kier molecular flexibility index (Phi) is 4.25. The van der Waals surface area contributed by atoms with Crippen LogP contribution < -0.4 is 0 Å². The van der Waals surface area contributed by atoms with Crippen molar-refractivity contribution in [1.82, 2.24) is 0 Å². The van der Waals surface area contributed by atoms with E-state index in [1.54, 1.807) is 6.07 Å². The number of halogens is 4. The fourth-order valence-electron chi connectivity index (χ4n) is 1.77. The highest BCUT2D eigenvalue weighted by molar-refractivity contribution is 6.30. The van der Waals surface area contributed by atoms with Gasteiger partial charge in [-0.05, 0) is 42.5 Å². The minimum Gasteiger partial charge on any atom is -0.166 e. The maximum Gasteiger partial charge on any atom is 0.416 e. The molecule has 0 saturated carbocycles. The standard InChI is InChI=1S/C12H14ClF3/c1-3-8(4-2)9-5-10(12(14,15)16)7-11(13)6-9/h5-8H,3-4H2,1-2H3. The Morgan fingerprint density at radius 3 is 2.12 bits per heavy atom. The van der Waals surface area contributed by atoms with Crippen molar-refractivity contribution in [2.24, 2.45) is 0 Å². The summed E-state index contributed by atoms with van der Waals surface area (Å²) in [4.78, 5) is 0. The third-order valence-corrected chi connectivity index (χ3v) is 2.92. The normalized spacial score (nSPS) is 12.2. The summed E-state index contributed by atoms with van der Waals surface area (Å²) in [5, 5.41) is 0.150. The maximum atomic E-state index is 12.6. The molecule has 0 aliphatic rings. The van der Waals surface area contributed by atoms with E-state index in [1.807, 2.05) is 13.8 Å². The molecule has 0 unspecified atom stereocenters. The summed E-state index contributed by atoms with van der Waals surface area (Å²) in [6.45, 7) is 3.92. The van der Waals surface area contributed by atoms with Crippen molar-refractivity contribution >= 4 is 11.6 Å². The molecule has 0 fully saturated rings. The van der Waals surface area contributed by atoms with Crippen molar-refractivity contribution in [3.8, 4) is 0 Å². The third kappa shape index (κ3) is 3.14. The molecule has 0 heterocycles. The molecule has 0 aromatic heterocycles. The first-order valence-electron chi connectivity index (χ1n) is 5.26. The average Bonchev–Trinajstić information content (AvgIpc) is 2.17. The van der Waals surface area contributed by atoms with Gasteiger partial charge < -0.3 is 0 Å². The quantitative estimate of drug-likeness (QED) is 0.686. The van der Waals surface area contributed by atoms with Crippen LogP contribution in [-0.2, 0) is 6.18 Å². The van der Waals surface area contributed by atoms with Gasteiger partial charge in [-0.2, -0.15) is 13.2 Å². The molecule has 16 heavy (non-hydrogen) atoms. The summed E-state index contributed by atoms with van der Waals surface area (Å²) in [7, 11) is 0. The molecule has 1 aromatic rings. The fraction of sp³-hybridized carbons (Fsp3) is 0.500. The van der Waals surface area contributed by atoms with E-state index in [2.05, 4.69) is 0 Å². The van der Waals surface area contributed by atoms with Crippen LogP contribution in [0.25, 0.3) is 0 Å². The zero-order chi connectivity index (χ0) is 12.3. The van der Waals surface area contributed by atoms with Crippen LogP contribution in [0.2, 0.25) is 5.02 Å². The van der Waals surface area contributed by atoms with Crippen LogP contribution in [0.15, 0.2) is 18.2 Å². The Morgan fingerprint density at radius 2 is 1.69 bits per heavy atom. The molecule has 0 bridgehead atoms. The predicted octanol–water partition coefficient (Wildman–Crippen LogP) is 5.26. The Morgan fingerprint density at radius 1 is 1.12 bits per heavy atom. The highest BCUT2D eigenvalue weighted by Crippen LogP contribution is 2.34. The van der Waals surface area contributed by atoms with E-state index in [9.17, 15) is 13.2 Å². The van der Waals surface area contributed by atoms with Gasteiger partial charge in [0, 0.05) is 5.02 Å². The summed E-state index contributed by atoms with van der Waals surface area (Å²) in [5.41, 5.74) is 0.00623. The van der Waals surface area contributed by atoms with E-state index < -0.39 is 11.7 Å². The second-order valence-electron chi connectivity index (χ2n) is 3.78. The molecule has 0 radical (unpaired) electrons. The lowest BCUT2D eigenvalue weighted by molar-refractivity contribution is -0.137. The number of rotatable bonds is 3. The van der Waals surface area contributed by atoms with E-state index in [0.29, 0.717) is 5.56 Å². The molecule has 0 aliphatic heterocycles. The molecule has 0 nitrogen and oxygen atoms in total. The molecule has 0 aliphatic carbocycles. The molecule has 0 spiro atoms. The highest BCUT2D eigenvalue weighted by Gasteiger charge is 2.31. The first kappa shape index (κ1) is 13.4. The van der Waals surface area contributed by atoms with Gasteiger partial charge >= 0.3 is 6.18 Å². The van der Waals surface area contributed by atoms with Crippen molar-refractivity contribution in [2.75, 3.05) is 0 Å². The largest absolute Gasteiger partial charge is 0.416 e. The fourth-order valence-corrected chi connectivity index (χ4v) is 2.02. The van der Waals surface area contributed by atoms with Gasteiger partial charge in [0.15, 0.2) is 0 Å². The van der Waals surface area contributed by atoms with Gasteiger partial charge in [-0.1, -0.05) is 25.4 Å². The SMILES string of the molecule is CCC(CC)c1cc(Cl)cc(C(F)(F)F)c1. The zero-order valence-corrected chi connectivity index (χ0v) is 9.99. The molecule has 0 amide bonds. The Labute approximate surface area is 98.4 Å². The maximum absolute atomic E-state index is 12.6. The zero-order valence-electron chi connectivity index (χ0n) is 9.24. The van der Waals surface area contributed by atoms with E-state index in [-0.39, 0.29) is 10.9 Å². The van der Waals surface area contributed by atoms with Crippen molar-refractivity contribution in [2.45, 2.75) is 38.8 Å². The predicted molar refractivity (Wildman–Crippen MR) is 59.8 cm³/mol. The lowest BCUT2D eigenvalue weighted by Gasteiger charge is -2.16. The van der Waals surface area contributed by atoms with E-state index in [0.717, 1.165) is 18.9 Å². The summed E-state index contributed by atoms with van der Waals surface area (Å²) >= 11 is 5.71. The smallest absolute Gasteiger partial charge is 0.166 e. The molecule has 1 rings (SSSR count). The van der Waals surface area contributed by atoms with E-state index in [4.69, 9.17) is 11.6 Å². The first-order chi connectivity index (χ1) is 7.38. The van der Waals surface area contributed by atoms with E-state index >= 15 is 0 Å². The second-order valence-corrected chi connectivity index (χ2v) is 4.22. The summed E-state index contributed by atoms with van der Waals surface area (Å²) in [6.07, 6.45) is -2.70. The first-order valence-corrected chi connectivity index (χ1v) is 5.64. The van der Waals surface area contributed by atoms with Crippen LogP contribution >= 0.6 is 11.6 Å². The van der Waals surface area contributed by atoms with Crippen molar-refractivity contribution < 1.29 is 13.2 Å². The molecular formula is C12H14ClF3. The number of hydrogen-bond donors (Lipinski definition) is 0. The van der Waals surface area contributed by atoms with Crippen LogP contribution in [0.1, 0.15) is 43.7 Å². The van der Waals surface area contributed by atoms with Crippen LogP contribution in [0.3, 0.4) is 0 Å². The van der Waals surface area contributed by atoms with Gasteiger partial charge in [-0.15, -0.1) is 0 Å². The lowest BCUT2D eigenvalue weighted by atomic mass is 9.93. The van der Waals surface area contributed by atoms with Crippen molar-refractivity contribution in [1.29, 1.82) is 0 Å². The molecule has 90 valence electrons. The van der Waals surface area contributed by atoms with Crippen LogP contribution in [0, 0.1) is 0 Å². The van der Waals surface area contributed by atoms with Crippen LogP contribution in [0.4, 0.5) is 13.2 Å². The molecule has 0 N–H and O–H groups in total. The Bertz CT molecular complexity index is 354. The minimum absolute atomic E-state index is 0.139. The van der Waals surface area contributed by atoms with Crippen molar-refractivity contribution in [3.63, 3.8) is 0 Å². The van der Waals surface area contributed by atoms with Crippen LogP contribution in [0.5, 0.6) is 0 Å². The highest BCUT2D eigenvalue weighted by atomic mass is 35.5. The third-order valence-electron chi connectivity index (χ3n) is 2.70. The average molecular weight is 251 g/mol. The number of alkyl halides is 3.